The molecule has 17 N–H and O–H groups in total. The number of guanidine groups is 1. The van der Waals surface area contributed by atoms with E-state index in [2.05, 4.69) is 48.5 Å². The van der Waals surface area contributed by atoms with Gasteiger partial charge in [0.05, 0.1) is 0 Å². The van der Waals surface area contributed by atoms with E-state index in [1.165, 1.54) is 6.42 Å². The highest BCUT2D eigenvalue weighted by molar-refractivity contribution is 5.97. The van der Waals surface area contributed by atoms with E-state index in [9.17, 15) is 28.8 Å². The minimum absolute atomic E-state index is 0.00243. The second-order valence-electron chi connectivity index (χ2n) is 17.8. The number of nitrogens with two attached hydrogens (primary N) is 5. The second kappa shape index (κ2) is 30.1. The maximum absolute atomic E-state index is 14.8. The number of hydrogen-bond acceptors (Lipinski definition) is 9. The van der Waals surface area contributed by atoms with E-state index in [1.807, 2.05) is 48.5 Å². The molecule has 0 aliphatic rings. The molecule has 0 bridgehead atoms. The molecule has 0 saturated heterocycles. The summed E-state index contributed by atoms with van der Waals surface area (Å²) in [5.41, 5.74) is 31.4. The molecule has 69 heavy (non-hydrogen) atoms. The zero-order valence-electron chi connectivity index (χ0n) is 40.3. The van der Waals surface area contributed by atoms with E-state index in [4.69, 9.17) is 28.7 Å². The van der Waals surface area contributed by atoms with Crippen molar-refractivity contribution in [1.29, 1.82) is 0 Å². The third kappa shape index (κ3) is 18.9. The van der Waals surface area contributed by atoms with Crippen molar-refractivity contribution in [2.24, 2.45) is 33.7 Å². The summed E-state index contributed by atoms with van der Waals surface area (Å²) in [6.07, 6.45) is 14.1. The number of para-hydroxylation sites is 2. The first-order valence-electron chi connectivity index (χ1n) is 24.7. The predicted octanol–water partition coefficient (Wildman–Crippen LogP) is 2.80. The first kappa shape index (κ1) is 55.1. The molecule has 0 radical (unpaired) electrons. The molecule has 19 heteroatoms. The molecule has 2 aromatic carbocycles. The Morgan fingerprint density at radius 3 is 1.46 bits per heavy atom. The number of carbonyl (C=O) groups excluding carboxylic acids is 6. The number of nitrogens with zero attached hydrogens (tertiary/aromatic N) is 1. The summed E-state index contributed by atoms with van der Waals surface area (Å²) in [6.45, 7) is 3.13. The van der Waals surface area contributed by atoms with Gasteiger partial charge in [-0.25, -0.2) is 0 Å². The van der Waals surface area contributed by atoms with E-state index in [0.29, 0.717) is 57.2 Å². The number of benzene rings is 2. The van der Waals surface area contributed by atoms with Crippen molar-refractivity contribution in [3.63, 3.8) is 0 Å². The van der Waals surface area contributed by atoms with Crippen LogP contribution in [0.15, 0.2) is 65.9 Å². The lowest BCUT2D eigenvalue weighted by molar-refractivity contribution is -0.135. The molecule has 0 saturated carbocycles. The molecule has 6 amide bonds. The van der Waals surface area contributed by atoms with Crippen molar-refractivity contribution >= 4 is 63.2 Å². The van der Waals surface area contributed by atoms with Crippen LogP contribution >= 0.6 is 0 Å². The maximum atomic E-state index is 14.8. The first-order valence-corrected chi connectivity index (χ1v) is 24.7. The summed E-state index contributed by atoms with van der Waals surface area (Å²) in [5.74, 6) is -3.67. The highest BCUT2D eigenvalue weighted by Gasteiger charge is 2.33. The third-order valence-corrected chi connectivity index (χ3v) is 12.3. The number of aliphatic imine (C=N–C) groups is 1. The molecule has 2 heterocycles. The number of H-pyrrole nitrogens is 2. The van der Waals surface area contributed by atoms with Crippen molar-refractivity contribution in [2.75, 3.05) is 19.6 Å². The first-order chi connectivity index (χ1) is 33.3. The van der Waals surface area contributed by atoms with Gasteiger partial charge in [-0.15, -0.1) is 0 Å². The number of amides is 6. The van der Waals surface area contributed by atoms with Gasteiger partial charge in [0.2, 0.25) is 35.4 Å². The number of hydrogen-bond donors (Lipinski definition) is 12. The highest BCUT2D eigenvalue weighted by atomic mass is 16.2. The number of aromatic amines is 2. The Labute approximate surface area is 405 Å². The van der Waals surface area contributed by atoms with Crippen molar-refractivity contribution in [2.45, 2.75) is 153 Å². The van der Waals surface area contributed by atoms with Gasteiger partial charge in [0, 0.05) is 60.0 Å². The van der Waals surface area contributed by atoms with Crippen molar-refractivity contribution in [3.8, 4) is 0 Å². The molecule has 4 aromatic rings. The van der Waals surface area contributed by atoms with Gasteiger partial charge in [0.1, 0.15) is 30.2 Å². The molecule has 19 nitrogen and oxygen atoms in total. The van der Waals surface area contributed by atoms with E-state index in [1.54, 1.807) is 12.4 Å². The number of nitrogens with one attached hydrogen (secondary N) is 7. The minimum atomic E-state index is -1.27. The molecule has 4 rings (SSSR count). The Bertz CT molecular complexity index is 2270. The van der Waals surface area contributed by atoms with Crippen molar-refractivity contribution < 1.29 is 28.8 Å². The number of primary amides is 1. The summed E-state index contributed by atoms with van der Waals surface area (Å²) >= 11 is 0. The Morgan fingerprint density at radius 1 is 0.522 bits per heavy atom. The fourth-order valence-electron chi connectivity index (χ4n) is 8.37. The monoisotopic (exact) mass is 956 g/mol. The number of aromatic nitrogens is 2. The normalized spacial score (nSPS) is 13.4. The zero-order chi connectivity index (χ0) is 50.0. The fraction of sp³-hybridized carbons (Fsp3) is 0.540. The van der Waals surface area contributed by atoms with Crippen LogP contribution in [0.25, 0.3) is 21.8 Å². The zero-order valence-corrected chi connectivity index (χ0v) is 40.3. The minimum Gasteiger partial charge on any atom is -0.370 e. The van der Waals surface area contributed by atoms with E-state index in [-0.39, 0.29) is 56.9 Å². The Kier molecular flexibility index (Phi) is 24.1. The summed E-state index contributed by atoms with van der Waals surface area (Å²) < 4.78 is 0. The number of unbranched alkanes of at least 4 members (excludes halogenated alkanes) is 8. The second-order valence-corrected chi connectivity index (χ2v) is 17.8. The predicted molar refractivity (Wildman–Crippen MR) is 271 cm³/mol. The average molecular weight is 956 g/mol. The van der Waals surface area contributed by atoms with Gasteiger partial charge in [-0.1, -0.05) is 81.8 Å². The molecule has 0 fully saturated rings. The van der Waals surface area contributed by atoms with Crippen LogP contribution in [0.3, 0.4) is 0 Å². The van der Waals surface area contributed by atoms with Crippen LogP contribution in [-0.4, -0.2) is 101 Å². The van der Waals surface area contributed by atoms with Crippen LogP contribution in [0, 0.1) is 0 Å². The van der Waals surface area contributed by atoms with Gasteiger partial charge < -0.3 is 65.2 Å². The summed E-state index contributed by atoms with van der Waals surface area (Å²) in [7, 11) is 0. The molecule has 378 valence electrons. The largest absolute Gasteiger partial charge is 0.370 e. The van der Waals surface area contributed by atoms with Crippen molar-refractivity contribution in [1.82, 2.24) is 36.6 Å². The molecule has 0 unspecified atom stereocenters. The lowest BCUT2D eigenvalue weighted by atomic mass is 10.00. The van der Waals surface area contributed by atoms with Crippen LogP contribution in [0.4, 0.5) is 0 Å². The highest BCUT2D eigenvalue weighted by Crippen LogP contribution is 2.22. The quantitative estimate of drug-likeness (QED) is 0.0185. The maximum Gasteiger partial charge on any atom is 0.243 e. The molecular weight excluding hydrogens is 879 g/mol. The SMILES string of the molecule is CCCCCCCCCC(=O)N[C@@H](CCCN=C(N)N)C(=O)N[C@@H](CCCCN)C(=O)N[C@@H](Cc1c[nH]c2ccccc12)C(=O)N[C@@H](Cc1c[nH]c2ccccc12)C(=O)N[C@@H](CCCCN)C(N)=O. The van der Waals surface area contributed by atoms with Crippen LogP contribution in [0.1, 0.15) is 121 Å². The lowest BCUT2D eigenvalue weighted by Gasteiger charge is -2.27. The van der Waals surface area contributed by atoms with Crippen LogP contribution in [0.5, 0.6) is 0 Å². The van der Waals surface area contributed by atoms with E-state index < -0.39 is 59.7 Å². The smallest absolute Gasteiger partial charge is 0.243 e. The van der Waals surface area contributed by atoms with Gasteiger partial charge in [0.15, 0.2) is 5.96 Å². The molecule has 0 spiro atoms. The van der Waals surface area contributed by atoms with Gasteiger partial charge in [-0.05, 0) is 94.1 Å². The molecular formula is C50H77N13O6. The Hall–Kier alpha value is -6.47. The molecule has 0 aliphatic carbocycles. The number of rotatable bonds is 34. The topological polar surface area (TPSA) is 337 Å². The summed E-state index contributed by atoms with van der Waals surface area (Å²) in [6, 6.07) is 9.39. The van der Waals surface area contributed by atoms with Gasteiger partial charge in [0.25, 0.3) is 0 Å². The molecule has 0 aliphatic heterocycles. The average Bonchev–Trinajstić information content (AvgIpc) is 3.94. The van der Waals surface area contributed by atoms with Gasteiger partial charge in [-0.2, -0.15) is 0 Å². The van der Waals surface area contributed by atoms with Crippen LogP contribution < -0.4 is 55.3 Å². The van der Waals surface area contributed by atoms with Gasteiger partial charge >= 0.3 is 0 Å². The van der Waals surface area contributed by atoms with E-state index >= 15 is 0 Å². The summed E-state index contributed by atoms with van der Waals surface area (Å²) in [5, 5.41) is 16.0. The number of carbonyl (C=O) groups is 6. The third-order valence-electron chi connectivity index (χ3n) is 12.3. The van der Waals surface area contributed by atoms with Crippen LogP contribution in [-0.2, 0) is 41.6 Å². The standard InChI is InChI=1S/C50H77N13O6/c1-2-3-4-5-6-7-8-25-44(64)59-40(24-17-28-56-50(54)55)46(66)61-41(23-14-16-27-52)47(67)62-43(30-34-32-58-38-21-12-10-19-36(34)38)49(69)63-42(29-33-31-57-37-20-11-9-18-35(33)37)48(68)60-39(45(53)65)22-13-15-26-51/h9-12,18-21,31-32,39-43,57-58H,2-8,13-17,22-30,51-52H2,1H3,(H2,53,65)(H,59,64)(H,60,68)(H,61,66)(H,62,67)(H,63,69)(H4,54,55,56)/t39-,40-,41-,42-,43-/m0/s1. The molecule has 2 aromatic heterocycles. The Balaban J connectivity index is 1.62. The lowest BCUT2D eigenvalue weighted by Crippen LogP contribution is -2.59. The fourth-order valence-corrected chi connectivity index (χ4v) is 8.37. The van der Waals surface area contributed by atoms with Crippen molar-refractivity contribution in [3.05, 3.63) is 72.1 Å². The van der Waals surface area contributed by atoms with Gasteiger partial charge in [-0.3, -0.25) is 33.8 Å². The van der Waals surface area contributed by atoms with Crippen LogP contribution in [0.2, 0.25) is 0 Å². The molecule has 5 atom stereocenters. The Morgan fingerprint density at radius 2 is 0.957 bits per heavy atom. The summed E-state index contributed by atoms with van der Waals surface area (Å²) in [4.78, 5) is 94.0. The number of fused-ring (bicyclic) bond motifs is 2. The van der Waals surface area contributed by atoms with E-state index in [0.717, 1.165) is 59.5 Å².